The topological polar surface area (TPSA) is 41.5 Å². The summed E-state index contributed by atoms with van der Waals surface area (Å²) in [5.74, 6) is 3.41. The van der Waals surface area contributed by atoms with Gasteiger partial charge in [0.15, 0.2) is 5.82 Å². The number of methoxy groups -OCH3 is 1. The van der Waals surface area contributed by atoms with E-state index in [1.165, 1.54) is 13.1 Å². The molecule has 0 bridgehead atoms. The molecule has 2 saturated heterocycles. The molecule has 2 unspecified atom stereocenters. The molecule has 0 N–H and O–H groups in total. The number of ether oxygens (including phenoxy) is 1. The molecule has 1 aromatic carbocycles. The molecule has 2 aliphatic heterocycles. The van der Waals surface area contributed by atoms with Crippen LogP contribution in [0.15, 0.2) is 36.4 Å². The van der Waals surface area contributed by atoms with Gasteiger partial charge in [-0.05, 0) is 55.3 Å². The summed E-state index contributed by atoms with van der Waals surface area (Å²) < 4.78 is 5.19. The van der Waals surface area contributed by atoms with Crippen molar-refractivity contribution in [2.24, 2.45) is 11.8 Å². The van der Waals surface area contributed by atoms with Gasteiger partial charge < -0.3 is 14.5 Å². The summed E-state index contributed by atoms with van der Waals surface area (Å²) in [5.41, 5.74) is 1.96. The molecule has 1 aromatic heterocycles. The largest absolute Gasteiger partial charge is 0.497 e. The fourth-order valence-electron chi connectivity index (χ4n) is 3.82. The number of likely N-dealkylation sites (tertiary alicyclic amines) is 1. The Kier molecular flexibility index (Phi) is 3.65. The van der Waals surface area contributed by atoms with Crippen molar-refractivity contribution < 1.29 is 4.74 Å². The maximum Gasteiger partial charge on any atom is 0.151 e. The van der Waals surface area contributed by atoms with Gasteiger partial charge in [0.05, 0.1) is 12.8 Å². The van der Waals surface area contributed by atoms with E-state index in [1.807, 2.05) is 24.3 Å². The van der Waals surface area contributed by atoms with E-state index in [4.69, 9.17) is 4.74 Å². The van der Waals surface area contributed by atoms with Crippen LogP contribution in [0.25, 0.3) is 11.3 Å². The van der Waals surface area contributed by atoms with Crippen LogP contribution in [0, 0.1) is 11.8 Å². The van der Waals surface area contributed by atoms with E-state index in [0.717, 1.165) is 47.8 Å². The van der Waals surface area contributed by atoms with Gasteiger partial charge in [-0.25, -0.2) is 0 Å². The van der Waals surface area contributed by atoms with Crippen LogP contribution in [-0.4, -0.2) is 55.4 Å². The lowest BCUT2D eigenvalue weighted by atomic mass is 10.0. The highest BCUT2D eigenvalue weighted by Crippen LogP contribution is 2.32. The zero-order chi connectivity index (χ0) is 15.8. The predicted molar refractivity (Wildman–Crippen MR) is 90.7 cm³/mol. The maximum absolute atomic E-state index is 5.19. The van der Waals surface area contributed by atoms with Crippen molar-refractivity contribution >= 4 is 5.82 Å². The normalized spacial score (nSPS) is 24.0. The van der Waals surface area contributed by atoms with Gasteiger partial charge in [-0.2, -0.15) is 0 Å². The quantitative estimate of drug-likeness (QED) is 0.869. The lowest BCUT2D eigenvalue weighted by Crippen LogP contribution is -2.27. The minimum absolute atomic E-state index is 0.781. The summed E-state index contributed by atoms with van der Waals surface area (Å²) in [6.45, 7) is 4.62. The highest BCUT2D eigenvalue weighted by atomic mass is 16.5. The number of benzene rings is 1. The molecule has 0 aliphatic carbocycles. The molecule has 2 fully saturated rings. The van der Waals surface area contributed by atoms with E-state index in [-0.39, 0.29) is 0 Å². The van der Waals surface area contributed by atoms with Crippen LogP contribution in [0.2, 0.25) is 0 Å². The van der Waals surface area contributed by atoms with Crippen LogP contribution in [0.5, 0.6) is 5.75 Å². The Bertz CT molecular complexity index is 656. The van der Waals surface area contributed by atoms with Crippen molar-refractivity contribution in [2.75, 3.05) is 45.2 Å². The van der Waals surface area contributed by atoms with Gasteiger partial charge in [0.2, 0.25) is 0 Å². The summed E-state index contributed by atoms with van der Waals surface area (Å²) in [6.07, 6.45) is 0. The molecule has 5 nitrogen and oxygen atoms in total. The highest BCUT2D eigenvalue weighted by molar-refractivity contribution is 5.60. The summed E-state index contributed by atoms with van der Waals surface area (Å²) in [4.78, 5) is 4.82. The fourth-order valence-corrected chi connectivity index (χ4v) is 3.82. The van der Waals surface area contributed by atoms with Crippen LogP contribution >= 0.6 is 0 Å². The fraction of sp³-hybridized carbons (Fsp3) is 0.444. The first-order valence-corrected chi connectivity index (χ1v) is 8.14. The van der Waals surface area contributed by atoms with Crippen molar-refractivity contribution in [3.05, 3.63) is 36.4 Å². The summed E-state index contributed by atoms with van der Waals surface area (Å²) in [7, 11) is 3.89. The van der Waals surface area contributed by atoms with Gasteiger partial charge >= 0.3 is 0 Å². The van der Waals surface area contributed by atoms with Gasteiger partial charge in [-0.1, -0.05) is 0 Å². The molecule has 0 spiro atoms. The van der Waals surface area contributed by atoms with Crippen LogP contribution in [0.1, 0.15) is 0 Å². The van der Waals surface area contributed by atoms with E-state index in [2.05, 4.69) is 39.2 Å². The molecular weight excluding hydrogens is 288 g/mol. The summed E-state index contributed by atoms with van der Waals surface area (Å²) in [6, 6.07) is 12.1. The number of hydrogen-bond donors (Lipinski definition) is 0. The number of aromatic nitrogens is 2. The minimum atomic E-state index is 0.781. The molecule has 0 amide bonds. The van der Waals surface area contributed by atoms with E-state index < -0.39 is 0 Å². The third-order valence-corrected chi connectivity index (χ3v) is 5.03. The number of hydrogen-bond acceptors (Lipinski definition) is 5. The van der Waals surface area contributed by atoms with E-state index in [9.17, 15) is 0 Å². The number of rotatable bonds is 3. The highest BCUT2D eigenvalue weighted by Gasteiger charge is 2.39. The second-order valence-electron chi connectivity index (χ2n) is 6.65. The Hall–Kier alpha value is -2.14. The predicted octanol–water partition coefficient (Wildman–Crippen LogP) is 2.15. The molecule has 3 heterocycles. The molecule has 2 atom stereocenters. The van der Waals surface area contributed by atoms with Gasteiger partial charge in [-0.15, -0.1) is 10.2 Å². The van der Waals surface area contributed by atoms with Gasteiger partial charge in [0.25, 0.3) is 0 Å². The van der Waals surface area contributed by atoms with Gasteiger partial charge in [-0.3, -0.25) is 0 Å². The SMILES string of the molecule is COc1ccc(-c2ccc(N3CC4CN(C)CC4C3)nn2)cc1. The summed E-state index contributed by atoms with van der Waals surface area (Å²) in [5, 5.41) is 8.87. The van der Waals surface area contributed by atoms with Crippen LogP contribution in [0.3, 0.4) is 0 Å². The molecule has 5 heteroatoms. The monoisotopic (exact) mass is 310 g/mol. The lowest BCUT2D eigenvalue weighted by molar-refractivity contribution is 0.387. The van der Waals surface area contributed by atoms with Gasteiger partial charge in [0, 0.05) is 31.7 Å². The molecule has 120 valence electrons. The van der Waals surface area contributed by atoms with Crippen molar-refractivity contribution in [3.8, 4) is 17.0 Å². The smallest absolute Gasteiger partial charge is 0.151 e. The minimum Gasteiger partial charge on any atom is -0.497 e. The van der Waals surface area contributed by atoms with Crippen molar-refractivity contribution in [3.63, 3.8) is 0 Å². The van der Waals surface area contributed by atoms with Crippen molar-refractivity contribution in [1.82, 2.24) is 15.1 Å². The van der Waals surface area contributed by atoms with Crippen molar-refractivity contribution in [2.45, 2.75) is 0 Å². The van der Waals surface area contributed by atoms with Gasteiger partial charge in [0.1, 0.15) is 5.75 Å². The Labute approximate surface area is 136 Å². The molecule has 0 radical (unpaired) electrons. The number of nitrogens with zero attached hydrogens (tertiary/aromatic N) is 4. The third-order valence-electron chi connectivity index (χ3n) is 5.03. The molecule has 2 aromatic rings. The Balaban J connectivity index is 1.48. The zero-order valence-corrected chi connectivity index (χ0v) is 13.6. The lowest BCUT2D eigenvalue weighted by Gasteiger charge is -2.19. The zero-order valence-electron chi connectivity index (χ0n) is 13.6. The van der Waals surface area contributed by atoms with Crippen LogP contribution < -0.4 is 9.64 Å². The molecule has 0 saturated carbocycles. The first-order chi connectivity index (χ1) is 11.2. The second kappa shape index (κ2) is 5.81. The maximum atomic E-state index is 5.19. The molecule has 2 aliphatic rings. The molecule has 4 rings (SSSR count). The van der Waals surface area contributed by atoms with E-state index in [0.29, 0.717) is 0 Å². The Morgan fingerprint density at radius 3 is 2.17 bits per heavy atom. The first-order valence-electron chi connectivity index (χ1n) is 8.14. The Morgan fingerprint density at radius 1 is 0.913 bits per heavy atom. The molecular formula is C18H22N4O. The molecule has 23 heavy (non-hydrogen) atoms. The standard InChI is InChI=1S/C18H22N4O/c1-21-9-14-11-22(12-15(14)10-21)18-8-7-17(19-20-18)13-3-5-16(23-2)6-4-13/h3-8,14-15H,9-12H2,1-2H3. The second-order valence-corrected chi connectivity index (χ2v) is 6.65. The number of fused-ring (bicyclic) bond motifs is 1. The van der Waals surface area contributed by atoms with Crippen LogP contribution in [0.4, 0.5) is 5.82 Å². The Morgan fingerprint density at radius 2 is 1.61 bits per heavy atom. The average Bonchev–Trinajstić information content (AvgIpc) is 3.12. The third kappa shape index (κ3) is 2.77. The van der Waals surface area contributed by atoms with Crippen molar-refractivity contribution in [1.29, 1.82) is 0 Å². The average molecular weight is 310 g/mol. The van der Waals surface area contributed by atoms with E-state index in [1.54, 1.807) is 7.11 Å². The summed E-state index contributed by atoms with van der Waals surface area (Å²) >= 11 is 0. The van der Waals surface area contributed by atoms with Crippen LogP contribution in [-0.2, 0) is 0 Å². The first kappa shape index (κ1) is 14.5. The number of anilines is 1. The van der Waals surface area contributed by atoms with E-state index >= 15 is 0 Å².